The van der Waals surface area contributed by atoms with Gasteiger partial charge in [-0.3, -0.25) is 9.59 Å². The third kappa shape index (κ3) is 6.01. The number of Topliss-reactive ketones (excluding diaryl/α,β-unsaturated/α-hetero) is 1. The van der Waals surface area contributed by atoms with Crippen LogP contribution in [0.1, 0.15) is 32.3 Å². The predicted octanol–water partition coefficient (Wildman–Crippen LogP) is 3.70. The molecule has 1 atom stereocenters. The molecule has 19 heavy (non-hydrogen) atoms. The number of benzene rings is 1. The molecule has 0 heterocycles. The number of rotatable bonds is 7. The normalized spacial score (nSPS) is 12.4. The van der Waals surface area contributed by atoms with Crippen molar-refractivity contribution >= 4 is 27.7 Å². The molecule has 0 radical (unpaired) electrons. The van der Waals surface area contributed by atoms with E-state index in [2.05, 4.69) is 15.9 Å². The van der Waals surface area contributed by atoms with E-state index in [-0.39, 0.29) is 18.1 Å². The van der Waals surface area contributed by atoms with Gasteiger partial charge in [0, 0.05) is 17.3 Å². The van der Waals surface area contributed by atoms with Crippen molar-refractivity contribution < 1.29 is 14.7 Å². The summed E-state index contributed by atoms with van der Waals surface area (Å²) in [6.07, 6.45) is 0.958. The molecule has 0 bridgehead atoms. The number of carbonyl (C=O) groups is 2. The monoisotopic (exact) mass is 326 g/mol. The standard InChI is InChI=1S/C15H19BrO3/c1-10(2)7-12(15(18)19)9-14(17)8-11-3-5-13(16)6-4-11/h3-6,10,12H,7-9H2,1-2H3,(H,18,19)/t12-/m1/s1. The van der Waals surface area contributed by atoms with E-state index in [9.17, 15) is 9.59 Å². The summed E-state index contributed by atoms with van der Waals surface area (Å²) in [5, 5.41) is 9.12. The average Bonchev–Trinajstić information content (AvgIpc) is 2.30. The number of ketones is 1. The van der Waals surface area contributed by atoms with Gasteiger partial charge in [0.05, 0.1) is 5.92 Å². The molecule has 4 heteroatoms. The van der Waals surface area contributed by atoms with Crippen LogP contribution in [0.25, 0.3) is 0 Å². The molecule has 0 saturated carbocycles. The molecule has 0 aliphatic rings. The fourth-order valence-corrected chi connectivity index (χ4v) is 2.28. The zero-order valence-electron chi connectivity index (χ0n) is 11.2. The van der Waals surface area contributed by atoms with Crippen molar-refractivity contribution in [3.05, 3.63) is 34.3 Å². The van der Waals surface area contributed by atoms with E-state index in [0.29, 0.717) is 12.8 Å². The predicted molar refractivity (Wildman–Crippen MR) is 78.1 cm³/mol. The second kappa shape index (κ2) is 7.43. The van der Waals surface area contributed by atoms with Crippen molar-refractivity contribution in [1.82, 2.24) is 0 Å². The van der Waals surface area contributed by atoms with Gasteiger partial charge in [-0.1, -0.05) is 41.9 Å². The van der Waals surface area contributed by atoms with Crippen molar-refractivity contribution in [1.29, 1.82) is 0 Å². The number of hydrogen-bond donors (Lipinski definition) is 1. The van der Waals surface area contributed by atoms with Gasteiger partial charge >= 0.3 is 5.97 Å². The Hall–Kier alpha value is -1.16. The quantitative estimate of drug-likeness (QED) is 0.831. The number of carboxylic acids is 1. The lowest BCUT2D eigenvalue weighted by Gasteiger charge is -2.13. The zero-order chi connectivity index (χ0) is 14.4. The molecule has 1 aromatic carbocycles. The lowest BCUT2D eigenvalue weighted by molar-refractivity contribution is -0.144. The number of hydrogen-bond acceptors (Lipinski definition) is 2. The molecule has 0 saturated heterocycles. The van der Waals surface area contributed by atoms with Gasteiger partial charge in [0.25, 0.3) is 0 Å². The first-order chi connectivity index (χ1) is 8.88. The Bertz CT molecular complexity index is 437. The van der Waals surface area contributed by atoms with Crippen LogP contribution >= 0.6 is 15.9 Å². The lowest BCUT2D eigenvalue weighted by Crippen LogP contribution is -2.20. The molecule has 104 valence electrons. The molecule has 0 unspecified atom stereocenters. The summed E-state index contributed by atoms with van der Waals surface area (Å²) in [4.78, 5) is 23.0. The van der Waals surface area contributed by atoms with Crippen LogP contribution in [-0.4, -0.2) is 16.9 Å². The van der Waals surface area contributed by atoms with Gasteiger partial charge in [-0.25, -0.2) is 0 Å². The third-order valence-corrected chi connectivity index (χ3v) is 3.42. The van der Waals surface area contributed by atoms with Gasteiger partial charge in [-0.2, -0.15) is 0 Å². The maximum atomic E-state index is 11.9. The van der Waals surface area contributed by atoms with Crippen LogP contribution in [0.5, 0.6) is 0 Å². The van der Waals surface area contributed by atoms with Crippen LogP contribution in [0.15, 0.2) is 28.7 Å². The van der Waals surface area contributed by atoms with E-state index in [1.807, 2.05) is 38.1 Å². The second-order valence-corrected chi connectivity index (χ2v) is 6.13. The summed E-state index contributed by atoms with van der Waals surface area (Å²) in [6.45, 7) is 3.93. The maximum Gasteiger partial charge on any atom is 0.306 e. The van der Waals surface area contributed by atoms with Gasteiger partial charge in [-0.15, -0.1) is 0 Å². The number of aliphatic carboxylic acids is 1. The molecule has 3 nitrogen and oxygen atoms in total. The maximum absolute atomic E-state index is 11.9. The molecule has 0 fully saturated rings. The minimum atomic E-state index is -0.877. The molecular weight excluding hydrogens is 308 g/mol. The summed E-state index contributed by atoms with van der Waals surface area (Å²) >= 11 is 3.34. The first-order valence-electron chi connectivity index (χ1n) is 6.37. The molecule has 0 spiro atoms. The highest BCUT2D eigenvalue weighted by atomic mass is 79.9. The second-order valence-electron chi connectivity index (χ2n) is 5.21. The largest absolute Gasteiger partial charge is 0.481 e. The number of carboxylic acid groups (broad SMARTS) is 1. The number of carbonyl (C=O) groups excluding carboxylic acids is 1. The molecule has 0 aromatic heterocycles. The van der Waals surface area contributed by atoms with Gasteiger partial charge in [0.2, 0.25) is 0 Å². The minimum Gasteiger partial charge on any atom is -0.481 e. The molecule has 0 amide bonds. The van der Waals surface area contributed by atoms with Gasteiger partial charge < -0.3 is 5.11 Å². The van der Waals surface area contributed by atoms with Gasteiger partial charge in [0.15, 0.2) is 0 Å². The summed E-state index contributed by atoms with van der Waals surface area (Å²) in [7, 11) is 0. The van der Waals surface area contributed by atoms with Crippen LogP contribution < -0.4 is 0 Å². The van der Waals surface area contributed by atoms with Gasteiger partial charge in [-0.05, 0) is 30.0 Å². The average molecular weight is 327 g/mol. The van der Waals surface area contributed by atoms with E-state index >= 15 is 0 Å². The molecule has 1 N–H and O–H groups in total. The van der Waals surface area contributed by atoms with Crippen molar-refractivity contribution in [3.63, 3.8) is 0 Å². The Kier molecular flexibility index (Phi) is 6.22. The van der Waals surface area contributed by atoms with Crippen LogP contribution in [0.3, 0.4) is 0 Å². The van der Waals surface area contributed by atoms with E-state index in [4.69, 9.17) is 5.11 Å². The fraction of sp³-hybridized carbons (Fsp3) is 0.467. The molecule has 0 aliphatic carbocycles. The van der Waals surface area contributed by atoms with E-state index in [0.717, 1.165) is 10.0 Å². The Morgan fingerprint density at radius 3 is 2.26 bits per heavy atom. The Morgan fingerprint density at radius 1 is 1.21 bits per heavy atom. The van der Waals surface area contributed by atoms with E-state index in [1.165, 1.54) is 0 Å². The highest BCUT2D eigenvalue weighted by Crippen LogP contribution is 2.18. The summed E-state index contributed by atoms with van der Waals surface area (Å²) in [6, 6.07) is 7.51. The van der Waals surface area contributed by atoms with E-state index in [1.54, 1.807) is 0 Å². The van der Waals surface area contributed by atoms with Crippen molar-refractivity contribution in [2.24, 2.45) is 11.8 Å². The lowest BCUT2D eigenvalue weighted by atomic mass is 9.91. The Labute approximate surface area is 122 Å². The summed E-state index contributed by atoms with van der Waals surface area (Å²) in [5.41, 5.74) is 0.918. The first-order valence-corrected chi connectivity index (χ1v) is 7.16. The molecule has 1 aromatic rings. The van der Waals surface area contributed by atoms with Crippen molar-refractivity contribution in [2.75, 3.05) is 0 Å². The zero-order valence-corrected chi connectivity index (χ0v) is 12.8. The summed E-state index contributed by atoms with van der Waals surface area (Å²) < 4.78 is 0.965. The third-order valence-electron chi connectivity index (χ3n) is 2.89. The molecular formula is C15H19BrO3. The minimum absolute atomic E-state index is 0.0182. The van der Waals surface area contributed by atoms with E-state index < -0.39 is 11.9 Å². The Morgan fingerprint density at radius 2 is 1.79 bits per heavy atom. The van der Waals surface area contributed by atoms with Crippen molar-refractivity contribution in [2.45, 2.75) is 33.1 Å². The Balaban J connectivity index is 2.57. The SMILES string of the molecule is CC(C)C[C@H](CC(=O)Cc1ccc(Br)cc1)C(=O)O. The van der Waals surface area contributed by atoms with Crippen LogP contribution in [0.2, 0.25) is 0 Å². The molecule has 1 rings (SSSR count). The highest BCUT2D eigenvalue weighted by molar-refractivity contribution is 9.10. The fourth-order valence-electron chi connectivity index (χ4n) is 2.02. The highest BCUT2D eigenvalue weighted by Gasteiger charge is 2.22. The smallest absolute Gasteiger partial charge is 0.306 e. The first kappa shape index (κ1) is 15.9. The summed E-state index contributed by atoms with van der Waals surface area (Å²) in [5.74, 6) is -1.18. The van der Waals surface area contributed by atoms with Crippen LogP contribution in [-0.2, 0) is 16.0 Å². The van der Waals surface area contributed by atoms with Crippen LogP contribution in [0.4, 0.5) is 0 Å². The van der Waals surface area contributed by atoms with Crippen LogP contribution in [0, 0.1) is 11.8 Å². The van der Waals surface area contributed by atoms with Gasteiger partial charge in [0.1, 0.15) is 5.78 Å². The topological polar surface area (TPSA) is 54.4 Å². The van der Waals surface area contributed by atoms with Crippen molar-refractivity contribution in [3.8, 4) is 0 Å². The molecule has 0 aliphatic heterocycles. The number of halogens is 1.